The monoisotopic (exact) mass is 490 g/mol. The van der Waals surface area contributed by atoms with Crippen molar-refractivity contribution in [2.24, 2.45) is 0 Å². The number of pyridine rings is 2. The average molecular weight is 491 g/mol. The van der Waals surface area contributed by atoms with Crippen molar-refractivity contribution in [3.05, 3.63) is 28.9 Å². The Morgan fingerprint density at radius 3 is 2.06 bits per heavy atom. The maximum absolute atomic E-state index is 12.0. The number of hydrogen-bond acceptors (Lipinski definition) is 8. The molecule has 10 nitrogen and oxygen atoms in total. The summed E-state index contributed by atoms with van der Waals surface area (Å²) in [6, 6.07) is 5.85. The first kappa shape index (κ1) is 24.3. The van der Waals surface area contributed by atoms with Gasteiger partial charge in [0, 0.05) is 64.3 Å². The van der Waals surface area contributed by atoms with Gasteiger partial charge in [-0.05, 0) is 37.6 Å². The van der Waals surface area contributed by atoms with Gasteiger partial charge in [0.1, 0.15) is 11.0 Å². The predicted octanol–water partition coefficient (Wildman–Crippen LogP) is 2.84. The number of ether oxygens (including phenoxy) is 2. The van der Waals surface area contributed by atoms with Crippen LogP contribution in [0.4, 0.5) is 15.4 Å². The fraction of sp³-hybridized carbons (Fsp3) is 0.565. The largest absolute Gasteiger partial charge is 0.450 e. The van der Waals surface area contributed by atoms with E-state index in [1.165, 1.54) is 0 Å². The second-order valence-electron chi connectivity index (χ2n) is 8.28. The molecule has 0 radical (unpaired) electrons. The summed E-state index contributed by atoms with van der Waals surface area (Å²) >= 11 is 6.17. The highest BCUT2D eigenvalue weighted by molar-refractivity contribution is 6.29. The first-order valence-electron chi connectivity index (χ1n) is 11.7. The molecule has 0 N–H and O–H groups in total. The summed E-state index contributed by atoms with van der Waals surface area (Å²) in [4.78, 5) is 41.3. The molecule has 4 heterocycles. The van der Waals surface area contributed by atoms with Crippen LogP contribution in [0.25, 0.3) is 11.0 Å². The summed E-state index contributed by atoms with van der Waals surface area (Å²) in [6.45, 7) is 10.4. The molecule has 2 aromatic rings. The zero-order valence-corrected chi connectivity index (χ0v) is 20.5. The smallest absolute Gasteiger partial charge is 0.409 e. The molecule has 2 aliphatic heterocycles. The lowest BCUT2D eigenvalue weighted by atomic mass is 10.1. The van der Waals surface area contributed by atoms with Crippen molar-refractivity contribution >= 4 is 40.6 Å². The lowest BCUT2D eigenvalue weighted by Crippen LogP contribution is -2.49. The normalized spacial score (nSPS) is 17.2. The highest BCUT2D eigenvalue weighted by atomic mass is 35.5. The van der Waals surface area contributed by atoms with Crippen LogP contribution in [0.5, 0.6) is 0 Å². The van der Waals surface area contributed by atoms with Crippen LogP contribution in [0.15, 0.2) is 18.2 Å². The minimum atomic E-state index is -0.273. The first-order chi connectivity index (χ1) is 16.5. The van der Waals surface area contributed by atoms with Crippen LogP contribution in [-0.4, -0.2) is 102 Å². The highest BCUT2D eigenvalue weighted by Gasteiger charge is 2.25. The summed E-state index contributed by atoms with van der Waals surface area (Å²) in [6.07, 6.45) is -0.524. The maximum atomic E-state index is 12.0. The second-order valence-corrected chi connectivity index (χ2v) is 8.67. The summed E-state index contributed by atoms with van der Waals surface area (Å²) in [5, 5.41) is 1.37. The molecule has 0 spiro atoms. The Balaban J connectivity index is 1.49. The third-order valence-corrected chi connectivity index (χ3v) is 6.34. The van der Waals surface area contributed by atoms with E-state index >= 15 is 0 Å². The topological polar surface area (TPSA) is 91.3 Å². The van der Waals surface area contributed by atoms with E-state index in [2.05, 4.69) is 20.9 Å². The number of fused-ring (bicyclic) bond motifs is 1. The summed E-state index contributed by atoms with van der Waals surface area (Å²) in [5.74, 6) is 0.825. The molecule has 0 unspecified atom stereocenters. The van der Waals surface area contributed by atoms with Gasteiger partial charge in [0.15, 0.2) is 5.65 Å². The number of piperazine rings is 2. The molecule has 2 amide bonds. The molecule has 34 heavy (non-hydrogen) atoms. The second kappa shape index (κ2) is 11.1. The van der Waals surface area contributed by atoms with Crippen molar-refractivity contribution in [2.45, 2.75) is 20.4 Å². The molecule has 0 aliphatic carbocycles. The Hall–Kier alpha value is -2.85. The molecule has 2 aromatic heterocycles. The van der Waals surface area contributed by atoms with E-state index < -0.39 is 0 Å². The Labute approximate surface area is 204 Å². The van der Waals surface area contributed by atoms with Gasteiger partial charge >= 0.3 is 12.2 Å². The number of nitrogens with zero attached hydrogens (tertiary/aromatic N) is 6. The van der Waals surface area contributed by atoms with Crippen molar-refractivity contribution in [3.63, 3.8) is 0 Å². The van der Waals surface area contributed by atoms with Gasteiger partial charge < -0.3 is 24.2 Å². The van der Waals surface area contributed by atoms with Gasteiger partial charge in [-0.2, -0.15) is 0 Å². The van der Waals surface area contributed by atoms with E-state index in [4.69, 9.17) is 26.1 Å². The molecule has 4 rings (SSSR count). The fourth-order valence-electron chi connectivity index (χ4n) is 4.31. The van der Waals surface area contributed by atoms with Crippen LogP contribution in [-0.2, 0) is 16.0 Å². The van der Waals surface area contributed by atoms with E-state index in [9.17, 15) is 9.59 Å². The Morgan fingerprint density at radius 2 is 1.47 bits per heavy atom. The number of carbonyl (C=O) groups excluding carboxylic acids is 2. The Kier molecular flexibility index (Phi) is 7.89. The van der Waals surface area contributed by atoms with Gasteiger partial charge in [-0.25, -0.2) is 19.6 Å². The van der Waals surface area contributed by atoms with Crippen LogP contribution in [0, 0.1) is 0 Å². The van der Waals surface area contributed by atoms with Crippen molar-refractivity contribution < 1.29 is 19.1 Å². The number of carbonyl (C=O) groups is 2. The van der Waals surface area contributed by atoms with Gasteiger partial charge in [-0.3, -0.25) is 4.90 Å². The minimum absolute atomic E-state index is 0.250. The number of halogens is 1. The molecule has 0 atom stereocenters. The minimum Gasteiger partial charge on any atom is -0.450 e. The third-order valence-electron chi connectivity index (χ3n) is 6.13. The van der Waals surface area contributed by atoms with E-state index in [1.54, 1.807) is 15.9 Å². The summed E-state index contributed by atoms with van der Waals surface area (Å²) in [5.41, 5.74) is 1.72. The lowest BCUT2D eigenvalue weighted by molar-refractivity contribution is 0.0779. The number of amides is 2. The van der Waals surface area contributed by atoms with Gasteiger partial charge in [0.25, 0.3) is 0 Å². The maximum Gasteiger partial charge on any atom is 0.409 e. The average Bonchev–Trinajstić information content (AvgIpc) is 2.84. The number of hydrogen-bond donors (Lipinski definition) is 0. The molecule has 184 valence electrons. The fourth-order valence-corrected chi connectivity index (χ4v) is 4.45. The van der Waals surface area contributed by atoms with Crippen LogP contribution in [0.3, 0.4) is 0 Å². The third kappa shape index (κ3) is 5.61. The Morgan fingerprint density at radius 1 is 0.882 bits per heavy atom. The van der Waals surface area contributed by atoms with Gasteiger partial charge in [0.05, 0.1) is 13.2 Å². The summed E-state index contributed by atoms with van der Waals surface area (Å²) in [7, 11) is 0. The van der Waals surface area contributed by atoms with Crippen molar-refractivity contribution in [1.29, 1.82) is 0 Å². The van der Waals surface area contributed by atoms with Gasteiger partial charge in [0.2, 0.25) is 0 Å². The molecule has 0 bridgehead atoms. The standard InChI is InChI=1S/C23H31ClN6O4/c1-3-33-22(31)29-9-7-27(8-10-29)16-17-15-20(26-21-18(17)5-6-19(24)25-21)28-11-13-30(14-12-28)23(32)34-4-2/h5-6,15H,3-4,7-14,16H2,1-2H3. The van der Waals surface area contributed by atoms with Crippen molar-refractivity contribution in [2.75, 3.05) is 70.5 Å². The van der Waals surface area contributed by atoms with Crippen LogP contribution < -0.4 is 4.90 Å². The van der Waals surface area contributed by atoms with Crippen molar-refractivity contribution in [3.8, 4) is 0 Å². The van der Waals surface area contributed by atoms with Gasteiger partial charge in [-0.15, -0.1) is 0 Å². The quantitative estimate of drug-likeness (QED) is 0.591. The lowest BCUT2D eigenvalue weighted by Gasteiger charge is -2.36. The molecule has 2 saturated heterocycles. The zero-order chi connectivity index (χ0) is 24.1. The number of anilines is 1. The summed E-state index contributed by atoms with van der Waals surface area (Å²) < 4.78 is 10.2. The number of aromatic nitrogens is 2. The van der Waals surface area contributed by atoms with E-state index in [1.807, 2.05) is 19.9 Å². The first-order valence-corrected chi connectivity index (χ1v) is 12.1. The Bertz CT molecular complexity index is 1020. The van der Waals surface area contributed by atoms with Crippen LogP contribution in [0.2, 0.25) is 5.15 Å². The van der Waals surface area contributed by atoms with Gasteiger partial charge in [-0.1, -0.05) is 11.6 Å². The van der Waals surface area contributed by atoms with E-state index in [0.717, 1.165) is 36.4 Å². The number of rotatable bonds is 5. The molecule has 0 aromatic carbocycles. The molecule has 2 aliphatic rings. The molecule has 11 heteroatoms. The van der Waals surface area contributed by atoms with Crippen LogP contribution in [0.1, 0.15) is 19.4 Å². The van der Waals surface area contributed by atoms with Crippen molar-refractivity contribution in [1.82, 2.24) is 24.7 Å². The van der Waals surface area contributed by atoms with E-state index in [-0.39, 0.29) is 12.2 Å². The molecule has 0 saturated carbocycles. The molecular weight excluding hydrogens is 460 g/mol. The molecular formula is C23H31ClN6O4. The SMILES string of the molecule is CCOC(=O)N1CCN(Cc2cc(N3CCN(C(=O)OCC)CC3)nc3nc(Cl)ccc23)CC1. The zero-order valence-electron chi connectivity index (χ0n) is 19.7. The molecule has 2 fully saturated rings. The van der Waals surface area contributed by atoms with Crippen LogP contribution >= 0.6 is 11.6 Å². The predicted molar refractivity (Wildman–Crippen MR) is 129 cm³/mol. The highest BCUT2D eigenvalue weighted by Crippen LogP contribution is 2.26. The van der Waals surface area contributed by atoms with E-state index in [0.29, 0.717) is 63.3 Å².